The zero-order valence-corrected chi connectivity index (χ0v) is 10.5. The molecule has 0 aliphatic heterocycles. The summed E-state index contributed by atoms with van der Waals surface area (Å²) >= 11 is 0. The Morgan fingerprint density at radius 2 is 1.83 bits per heavy atom. The largest absolute Gasteiger partial charge is 0.481 e. The molecular formula is C11H19F2NO4. The molecule has 0 saturated heterocycles. The van der Waals surface area contributed by atoms with Crippen molar-refractivity contribution in [3.05, 3.63) is 0 Å². The third kappa shape index (κ3) is 7.16. The lowest BCUT2D eigenvalue weighted by Crippen LogP contribution is -2.39. The van der Waals surface area contributed by atoms with E-state index in [4.69, 9.17) is 10.2 Å². The summed E-state index contributed by atoms with van der Waals surface area (Å²) in [7, 11) is 0. The highest BCUT2D eigenvalue weighted by atomic mass is 19.3. The van der Waals surface area contributed by atoms with Crippen LogP contribution in [0.4, 0.5) is 8.78 Å². The molecule has 0 aromatic rings. The second-order valence-electron chi connectivity index (χ2n) is 4.87. The number of rotatable bonds is 8. The van der Waals surface area contributed by atoms with E-state index in [1.54, 1.807) is 13.8 Å². The zero-order valence-electron chi connectivity index (χ0n) is 10.5. The summed E-state index contributed by atoms with van der Waals surface area (Å²) in [5, 5.41) is 17.4. The Balaban J connectivity index is 4.53. The van der Waals surface area contributed by atoms with Crippen LogP contribution in [0.25, 0.3) is 0 Å². The van der Waals surface area contributed by atoms with E-state index in [-0.39, 0.29) is 19.4 Å². The van der Waals surface area contributed by atoms with Gasteiger partial charge in [-0.25, -0.2) is 8.78 Å². The fourth-order valence-corrected chi connectivity index (χ4v) is 1.60. The fourth-order valence-electron chi connectivity index (χ4n) is 1.60. The van der Waals surface area contributed by atoms with Crippen LogP contribution in [-0.2, 0) is 9.59 Å². The number of aliphatic hydroxyl groups excluding tert-OH is 1. The molecular weight excluding hydrogens is 248 g/mol. The molecule has 0 radical (unpaired) electrons. The van der Waals surface area contributed by atoms with Crippen molar-refractivity contribution in [2.75, 3.05) is 19.7 Å². The normalized spacial score (nSPS) is 11.7. The molecule has 0 aliphatic carbocycles. The van der Waals surface area contributed by atoms with Crippen molar-refractivity contribution in [3.63, 3.8) is 0 Å². The van der Waals surface area contributed by atoms with Crippen LogP contribution >= 0.6 is 0 Å². The van der Waals surface area contributed by atoms with E-state index < -0.39 is 36.9 Å². The summed E-state index contributed by atoms with van der Waals surface area (Å²) in [5.41, 5.74) is -0.807. The van der Waals surface area contributed by atoms with Gasteiger partial charge in [0.05, 0.1) is 19.6 Å². The average Bonchev–Trinajstić information content (AvgIpc) is 2.12. The van der Waals surface area contributed by atoms with Gasteiger partial charge in [0.25, 0.3) is 6.43 Å². The predicted molar refractivity (Wildman–Crippen MR) is 60.3 cm³/mol. The van der Waals surface area contributed by atoms with Crippen LogP contribution in [0.2, 0.25) is 0 Å². The molecule has 7 heteroatoms. The van der Waals surface area contributed by atoms with E-state index in [0.29, 0.717) is 0 Å². The first kappa shape index (κ1) is 16.8. The maximum atomic E-state index is 12.2. The lowest BCUT2D eigenvalue weighted by atomic mass is 9.85. The second kappa shape index (κ2) is 7.25. The van der Waals surface area contributed by atoms with Crippen molar-refractivity contribution in [1.29, 1.82) is 0 Å². The third-order valence-electron chi connectivity index (χ3n) is 2.34. The number of hydrogen-bond donors (Lipinski definition) is 2. The molecule has 106 valence electrons. The quantitative estimate of drug-likeness (QED) is 0.686. The van der Waals surface area contributed by atoms with Gasteiger partial charge in [-0.1, -0.05) is 13.8 Å². The standard InChI is InChI=1S/C11H19F2NO4/c1-11(2,6-10(17)18)5-9(16)14(3-4-15)7-8(12)13/h8,15H,3-7H2,1-2H3,(H,17,18). The van der Waals surface area contributed by atoms with E-state index in [9.17, 15) is 18.4 Å². The monoisotopic (exact) mass is 267 g/mol. The molecule has 0 heterocycles. The summed E-state index contributed by atoms with van der Waals surface area (Å²) < 4.78 is 24.5. The van der Waals surface area contributed by atoms with Gasteiger partial charge in [0.1, 0.15) is 0 Å². The molecule has 2 N–H and O–H groups in total. The lowest BCUT2D eigenvalue weighted by Gasteiger charge is -2.27. The maximum absolute atomic E-state index is 12.2. The first-order valence-corrected chi connectivity index (χ1v) is 5.56. The van der Waals surface area contributed by atoms with Crippen molar-refractivity contribution in [2.24, 2.45) is 5.41 Å². The number of carbonyl (C=O) groups excluding carboxylic acids is 1. The van der Waals surface area contributed by atoms with Gasteiger partial charge >= 0.3 is 5.97 Å². The molecule has 0 aliphatic rings. The molecule has 0 spiro atoms. The number of carboxylic acids is 1. The molecule has 1 amide bonds. The Morgan fingerprint density at radius 3 is 2.22 bits per heavy atom. The topological polar surface area (TPSA) is 77.8 Å². The Labute approximate surface area is 104 Å². The third-order valence-corrected chi connectivity index (χ3v) is 2.34. The highest BCUT2D eigenvalue weighted by Gasteiger charge is 2.28. The summed E-state index contributed by atoms with van der Waals surface area (Å²) in [5.74, 6) is -1.62. The first-order valence-electron chi connectivity index (χ1n) is 5.56. The summed E-state index contributed by atoms with van der Waals surface area (Å²) in [4.78, 5) is 23.2. The van der Waals surface area contributed by atoms with Gasteiger partial charge in [-0.2, -0.15) is 0 Å². The van der Waals surface area contributed by atoms with Gasteiger partial charge < -0.3 is 15.1 Å². The minimum absolute atomic E-state index is 0.147. The van der Waals surface area contributed by atoms with Gasteiger partial charge in [0, 0.05) is 13.0 Å². The Hall–Kier alpha value is -1.24. The van der Waals surface area contributed by atoms with Crippen LogP contribution in [0, 0.1) is 5.41 Å². The molecule has 0 bridgehead atoms. The number of carbonyl (C=O) groups is 2. The number of hydrogen-bond acceptors (Lipinski definition) is 3. The van der Waals surface area contributed by atoms with Crippen molar-refractivity contribution < 1.29 is 28.6 Å². The zero-order chi connectivity index (χ0) is 14.3. The number of nitrogens with zero attached hydrogens (tertiary/aromatic N) is 1. The number of carboxylic acid groups (broad SMARTS) is 1. The number of amides is 1. The fraction of sp³-hybridized carbons (Fsp3) is 0.818. The molecule has 0 saturated carbocycles. The molecule has 0 atom stereocenters. The minimum Gasteiger partial charge on any atom is -0.481 e. The smallest absolute Gasteiger partial charge is 0.303 e. The highest BCUT2D eigenvalue weighted by molar-refractivity contribution is 5.78. The number of aliphatic hydroxyl groups is 1. The molecule has 0 rings (SSSR count). The second-order valence-corrected chi connectivity index (χ2v) is 4.87. The van der Waals surface area contributed by atoms with Crippen molar-refractivity contribution in [3.8, 4) is 0 Å². The molecule has 5 nitrogen and oxygen atoms in total. The van der Waals surface area contributed by atoms with Crippen molar-refractivity contribution >= 4 is 11.9 Å². The molecule has 0 fully saturated rings. The van der Waals surface area contributed by atoms with E-state index in [0.717, 1.165) is 4.90 Å². The number of halogens is 2. The summed E-state index contributed by atoms with van der Waals surface area (Å²) in [6.07, 6.45) is -3.05. The average molecular weight is 267 g/mol. The molecule has 0 aromatic carbocycles. The highest BCUT2D eigenvalue weighted by Crippen LogP contribution is 2.26. The molecule has 18 heavy (non-hydrogen) atoms. The van der Waals surface area contributed by atoms with Gasteiger partial charge in [-0.05, 0) is 5.41 Å². The first-order chi connectivity index (χ1) is 8.18. The van der Waals surface area contributed by atoms with Gasteiger partial charge in [-0.15, -0.1) is 0 Å². The van der Waals surface area contributed by atoms with Crippen LogP contribution in [0.5, 0.6) is 0 Å². The van der Waals surface area contributed by atoms with Gasteiger partial charge in [0.2, 0.25) is 5.91 Å². The summed E-state index contributed by atoms with van der Waals surface area (Å²) in [6.45, 7) is 1.84. The van der Waals surface area contributed by atoms with Crippen molar-refractivity contribution in [2.45, 2.75) is 33.1 Å². The van der Waals surface area contributed by atoms with Crippen LogP contribution < -0.4 is 0 Å². The van der Waals surface area contributed by atoms with E-state index >= 15 is 0 Å². The van der Waals surface area contributed by atoms with Crippen LogP contribution in [0.3, 0.4) is 0 Å². The van der Waals surface area contributed by atoms with E-state index in [2.05, 4.69) is 0 Å². The minimum atomic E-state index is -2.68. The number of aliphatic carboxylic acids is 1. The summed E-state index contributed by atoms with van der Waals surface area (Å²) in [6, 6.07) is 0. The molecule has 0 unspecified atom stereocenters. The van der Waals surface area contributed by atoms with E-state index in [1.807, 2.05) is 0 Å². The van der Waals surface area contributed by atoms with Gasteiger partial charge in [-0.3, -0.25) is 9.59 Å². The number of alkyl halides is 2. The van der Waals surface area contributed by atoms with Crippen LogP contribution in [-0.4, -0.2) is 53.1 Å². The molecule has 0 aromatic heterocycles. The Bertz CT molecular complexity index is 295. The van der Waals surface area contributed by atoms with Crippen LogP contribution in [0.15, 0.2) is 0 Å². The lowest BCUT2D eigenvalue weighted by molar-refractivity contribution is -0.141. The Morgan fingerprint density at radius 1 is 1.28 bits per heavy atom. The Kier molecular flexibility index (Phi) is 6.75. The maximum Gasteiger partial charge on any atom is 0.303 e. The van der Waals surface area contributed by atoms with Crippen molar-refractivity contribution in [1.82, 2.24) is 4.90 Å². The van der Waals surface area contributed by atoms with Gasteiger partial charge in [0.15, 0.2) is 0 Å². The van der Waals surface area contributed by atoms with E-state index in [1.165, 1.54) is 0 Å². The SMILES string of the molecule is CC(C)(CC(=O)O)CC(=O)N(CCO)CC(F)F. The van der Waals surface area contributed by atoms with Crippen LogP contribution in [0.1, 0.15) is 26.7 Å². The predicted octanol–water partition coefficient (Wildman–Crippen LogP) is 0.963.